The van der Waals surface area contributed by atoms with Gasteiger partial charge in [0.15, 0.2) is 0 Å². The lowest BCUT2D eigenvalue weighted by molar-refractivity contribution is 0.139. The van der Waals surface area contributed by atoms with Crippen molar-refractivity contribution in [1.82, 2.24) is 5.32 Å². The van der Waals surface area contributed by atoms with E-state index in [2.05, 4.69) is 5.32 Å². The second kappa shape index (κ2) is 5.70. The number of benzene rings is 1. The van der Waals surface area contributed by atoms with E-state index in [1.165, 1.54) is 0 Å². The minimum Gasteiger partial charge on any atom is -0.497 e. The van der Waals surface area contributed by atoms with Crippen LogP contribution in [0.2, 0.25) is 0 Å². The first-order valence-corrected chi connectivity index (χ1v) is 4.92. The van der Waals surface area contributed by atoms with Crippen molar-refractivity contribution in [3.8, 4) is 5.75 Å². The second-order valence-electron chi connectivity index (χ2n) is 3.34. The van der Waals surface area contributed by atoms with Crippen molar-refractivity contribution in [3.63, 3.8) is 0 Å². The fourth-order valence-electron chi connectivity index (χ4n) is 1.53. The standard InChI is InChI=1S/C11H18N2O2/c1-13-11(10(14)7-12)8-3-5-9(15-2)6-4-8/h3-6,10-11,13-14H,7,12H2,1-2H3. The molecule has 4 nitrogen and oxygen atoms in total. The summed E-state index contributed by atoms with van der Waals surface area (Å²) < 4.78 is 5.06. The van der Waals surface area contributed by atoms with Crippen LogP contribution in [0.4, 0.5) is 0 Å². The molecular weight excluding hydrogens is 192 g/mol. The van der Waals surface area contributed by atoms with Crippen molar-refractivity contribution in [2.24, 2.45) is 5.73 Å². The number of likely N-dealkylation sites (N-methyl/N-ethyl adjacent to an activating group) is 1. The third-order valence-corrected chi connectivity index (χ3v) is 2.41. The van der Waals surface area contributed by atoms with E-state index in [1.807, 2.05) is 24.3 Å². The summed E-state index contributed by atoms with van der Waals surface area (Å²) in [7, 11) is 3.42. The number of hydrogen-bond donors (Lipinski definition) is 3. The molecule has 2 atom stereocenters. The molecule has 0 saturated carbocycles. The van der Waals surface area contributed by atoms with Gasteiger partial charge in [0.2, 0.25) is 0 Å². The molecule has 15 heavy (non-hydrogen) atoms. The van der Waals surface area contributed by atoms with Gasteiger partial charge >= 0.3 is 0 Å². The zero-order valence-corrected chi connectivity index (χ0v) is 9.10. The summed E-state index contributed by atoms with van der Waals surface area (Å²) in [4.78, 5) is 0. The molecule has 0 aliphatic carbocycles. The van der Waals surface area contributed by atoms with Gasteiger partial charge in [0.1, 0.15) is 5.75 Å². The molecular formula is C11H18N2O2. The van der Waals surface area contributed by atoms with Gasteiger partial charge in [-0.05, 0) is 24.7 Å². The molecule has 2 unspecified atom stereocenters. The molecule has 0 aliphatic rings. The number of methoxy groups -OCH3 is 1. The van der Waals surface area contributed by atoms with Crippen molar-refractivity contribution in [2.75, 3.05) is 20.7 Å². The first kappa shape index (κ1) is 12.0. The van der Waals surface area contributed by atoms with Crippen molar-refractivity contribution in [3.05, 3.63) is 29.8 Å². The van der Waals surface area contributed by atoms with Crippen LogP contribution in [-0.4, -0.2) is 31.9 Å². The van der Waals surface area contributed by atoms with Crippen LogP contribution < -0.4 is 15.8 Å². The Bertz CT molecular complexity index is 287. The average Bonchev–Trinajstić information content (AvgIpc) is 2.30. The first-order chi connectivity index (χ1) is 7.22. The fourth-order valence-corrected chi connectivity index (χ4v) is 1.53. The van der Waals surface area contributed by atoms with Gasteiger partial charge in [-0.3, -0.25) is 0 Å². The van der Waals surface area contributed by atoms with E-state index >= 15 is 0 Å². The highest BCUT2D eigenvalue weighted by Gasteiger charge is 2.17. The number of nitrogens with one attached hydrogen (secondary N) is 1. The Kier molecular flexibility index (Phi) is 4.55. The largest absolute Gasteiger partial charge is 0.497 e. The normalized spacial score (nSPS) is 14.7. The molecule has 1 rings (SSSR count). The first-order valence-electron chi connectivity index (χ1n) is 4.92. The molecule has 0 spiro atoms. The molecule has 0 aliphatic heterocycles. The number of aliphatic hydroxyl groups excluding tert-OH is 1. The van der Waals surface area contributed by atoms with Gasteiger partial charge in [-0.15, -0.1) is 0 Å². The lowest BCUT2D eigenvalue weighted by atomic mass is 10.0. The molecule has 1 aromatic rings. The van der Waals surface area contributed by atoms with Crippen LogP contribution >= 0.6 is 0 Å². The number of rotatable bonds is 5. The van der Waals surface area contributed by atoms with Gasteiger partial charge in [0, 0.05) is 6.54 Å². The fraction of sp³-hybridized carbons (Fsp3) is 0.455. The van der Waals surface area contributed by atoms with E-state index in [0.29, 0.717) is 0 Å². The van der Waals surface area contributed by atoms with Crippen LogP contribution in [0.1, 0.15) is 11.6 Å². The number of ether oxygens (including phenoxy) is 1. The third-order valence-electron chi connectivity index (χ3n) is 2.41. The summed E-state index contributed by atoms with van der Waals surface area (Å²) in [5.74, 6) is 0.802. The highest BCUT2D eigenvalue weighted by atomic mass is 16.5. The van der Waals surface area contributed by atoms with E-state index in [0.717, 1.165) is 11.3 Å². The van der Waals surface area contributed by atoms with E-state index in [4.69, 9.17) is 10.5 Å². The van der Waals surface area contributed by atoms with Crippen LogP contribution in [0.5, 0.6) is 5.75 Å². The highest BCUT2D eigenvalue weighted by Crippen LogP contribution is 2.19. The van der Waals surface area contributed by atoms with Gasteiger partial charge < -0.3 is 20.9 Å². The lowest BCUT2D eigenvalue weighted by Gasteiger charge is -2.21. The summed E-state index contributed by atoms with van der Waals surface area (Å²) in [5.41, 5.74) is 6.42. The predicted octanol–water partition coefficient (Wildman–Crippen LogP) is 0.275. The van der Waals surface area contributed by atoms with Crippen molar-refractivity contribution in [1.29, 1.82) is 0 Å². The quantitative estimate of drug-likeness (QED) is 0.653. The van der Waals surface area contributed by atoms with Gasteiger partial charge in [-0.1, -0.05) is 12.1 Å². The molecule has 0 saturated heterocycles. The van der Waals surface area contributed by atoms with Crippen LogP contribution in [0, 0.1) is 0 Å². The zero-order chi connectivity index (χ0) is 11.3. The Morgan fingerprint density at radius 2 is 2.00 bits per heavy atom. The molecule has 0 aromatic heterocycles. The lowest BCUT2D eigenvalue weighted by Crippen LogP contribution is -2.34. The minimum atomic E-state index is -0.580. The maximum absolute atomic E-state index is 9.68. The second-order valence-corrected chi connectivity index (χ2v) is 3.34. The Morgan fingerprint density at radius 1 is 1.40 bits per heavy atom. The highest BCUT2D eigenvalue weighted by molar-refractivity contribution is 5.29. The predicted molar refractivity (Wildman–Crippen MR) is 59.9 cm³/mol. The smallest absolute Gasteiger partial charge is 0.118 e. The van der Waals surface area contributed by atoms with Crippen molar-refractivity contribution >= 4 is 0 Å². The molecule has 0 radical (unpaired) electrons. The van der Waals surface area contributed by atoms with E-state index < -0.39 is 6.10 Å². The Balaban J connectivity index is 2.83. The Labute approximate surface area is 90.1 Å². The summed E-state index contributed by atoms with van der Waals surface area (Å²) in [6.45, 7) is 0.234. The number of nitrogens with two attached hydrogens (primary N) is 1. The van der Waals surface area contributed by atoms with E-state index in [9.17, 15) is 5.11 Å². The molecule has 0 amide bonds. The SMILES string of the molecule is CNC(c1ccc(OC)cc1)C(O)CN. The van der Waals surface area contributed by atoms with E-state index in [1.54, 1.807) is 14.2 Å². The van der Waals surface area contributed by atoms with Crippen molar-refractivity contribution < 1.29 is 9.84 Å². The van der Waals surface area contributed by atoms with Gasteiger partial charge in [-0.2, -0.15) is 0 Å². The molecule has 84 valence electrons. The summed E-state index contributed by atoms with van der Waals surface area (Å²) in [5, 5.41) is 12.7. The monoisotopic (exact) mass is 210 g/mol. The topological polar surface area (TPSA) is 67.5 Å². The van der Waals surface area contributed by atoms with Crippen LogP contribution in [0.3, 0.4) is 0 Å². The van der Waals surface area contributed by atoms with Crippen LogP contribution in [-0.2, 0) is 0 Å². The molecule has 0 heterocycles. The maximum atomic E-state index is 9.68. The van der Waals surface area contributed by atoms with Gasteiger partial charge in [0.05, 0.1) is 19.3 Å². The molecule has 4 N–H and O–H groups in total. The Hall–Kier alpha value is -1.10. The van der Waals surface area contributed by atoms with Crippen molar-refractivity contribution in [2.45, 2.75) is 12.1 Å². The minimum absolute atomic E-state index is 0.138. The molecule has 0 fully saturated rings. The summed E-state index contributed by atoms with van der Waals surface area (Å²) in [6, 6.07) is 7.42. The van der Waals surface area contributed by atoms with E-state index in [-0.39, 0.29) is 12.6 Å². The molecule has 0 bridgehead atoms. The number of hydrogen-bond acceptors (Lipinski definition) is 4. The Morgan fingerprint density at radius 3 is 2.40 bits per heavy atom. The molecule has 1 aromatic carbocycles. The van der Waals surface area contributed by atoms with Crippen LogP contribution in [0.25, 0.3) is 0 Å². The maximum Gasteiger partial charge on any atom is 0.118 e. The zero-order valence-electron chi connectivity index (χ0n) is 9.10. The average molecular weight is 210 g/mol. The summed E-state index contributed by atoms with van der Waals surface area (Å²) >= 11 is 0. The third kappa shape index (κ3) is 2.92. The summed E-state index contributed by atoms with van der Waals surface area (Å²) in [6.07, 6.45) is -0.580. The number of aliphatic hydroxyl groups is 1. The van der Waals surface area contributed by atoms with Gasteiger partial charge in [-0.25, -0.2) is 0 Å². The molecule has 4 heteroatoms. The van der Waals surface area contributed by atoms with Gasteiger partial charge in [0.25, 0.3) is 0 Å². The van der Waals surface area contributed by atoms with Crippen LogP contribution in [0.15, 0.2) is 24.3 Å².